The van der Waals surface area contributed by atoms with Gasteiger partial charge in [0.15, 0.2) is 5.69 Å². The highest BCUT2D eigenvalue weighted by molar-refractivity contribution is 5.94. The van der Waals surface area contributed by atoms with Gasteiger partial charge < -0.3 is 15.3 Å². The molecule has 1 amide bonds. The monoisotopic (exact) mass is 410 g/mol. The first kappa shape index (κ1) is 20.9. The first-order valence-corrected chi connectivity index (χ1v) is 11.5. The lowest BCUT2D eigenvalue weighted by atomic mass is 9.90. The molecule has 0 spiro atoms. The number of aromatic hydroxyl groups is 1. The number of piperidine rings is 1. The van der Waals surface area contributed by atoms with E-state index in [1.54, 1.807) is 12.1 Å². The van der Waals surface area contributed by atoms with E-state index in [1.165, 1.54) is 23.2 Å². The summed E-state index contributed by atoms with van der Waals surface area (Å²) >= 11 is 0. The number of carbonyl (C=O) groups excluding carboxylic acids is 1. The second kappa shape index (κ2) is 9.65. The average molecular weight is 411 g/mol. The Morgan fingerprint density at radius 3 is 2.70 bits per heavy atom. The van der Waals surface area contributed by atoms with Gasteiger partial charge in [0.2, 0.25) is 0 Å². The van der Waals surface area contributed by atoms with Crippen molar-refractivity contribution in [2.75, 3.05) is 19.6 Å². The molecule has 6 heteroatoms. The van der Waals surface area contributed by atoms with E-state index in [0.717, 1.165) is 71.1 Å². The van der Waals surface area contributed by atoms with Crippen LogP contribution in [0.4, 0.5) is 0 Å². The molecule has 1 aromatic heterocycles. The van der Waals surface area contributed by atoms with Crippen LogP contribution in [0.15, 0.2) is 24.3 Å². The summed E-state index contributed by atoms with van der Waals surface area (Å²) in [6.45, 7) is 5.67. The third-order valence-corrected chi connectivity index (χ3v) is 6.41. The number of carbonyl (C=O) groups is 1. The number of benzene rings is 1. The molecule has 1 fully saturated rings. The molecular formula is C24H34N4O2. The smallest absolute Gasteiger partial charge is 0.274 e. The zero-order valence-corrected chi connectivity index (χ0v) is 18.1. The van der Waals surface area contributed by atoms with Gasteiger partial charge in [-0.1, -0.05) is 19.1 Å². The lowest BCUT2D eigenvalue weighted by molar-refractivity contribution is 0.0716. The molecule has 30 heavy (non-hydrogen) atoms. The van der Waals surface area contributed by atoms with E-state index in [4.69, 9.17) is 5.10 Å². The molecule has 4 rings (SSSR count). The minimum absolute atomic E-state index is 0.130. The number of rotatable bonds is 7. The molecule has 1 aliphatic carbocycles. The van der Waals surface area contributed by atoms with Gasteiger partial charge in [0, 0.05) is 36.9 Å². The number of phenols is 1. The summed E-state index contributed by atoms with van der Waals surface area (Å²) in [6.07, 6.45) is 8.32. The summed E-state index contributed by atoms with van der Waals surface area (Å²) in [7, 11) is 0. The van der Waals surface area contributed by atoms with E-state index in [9.17, 15) is 9.90 Å². The number of fused-ring (bicyclic) bond motifs is 1. The van der Waals surface area contributed by atoms with Crippen LogP contribution in [0.2, 0.25) is 0 Å². The highest BCUT2D eigenvalue weighted by Gasteiger charge is 2.31. The third kappa shape index (κ3) is 4.69. The fraction of sp³-hybridized carbons (Fsp3) is 0.583. The van der Waals surface area contributed by atoms with Crippen LogP contribution in [-0.4, -0.2) is 51.4 Å². The number of hydrogen-bond acceptors (Lipinski definition) is 4. The van der Waals surface area contributed by atoms with Crippen LogP contribution in [0.25, 0.3) is 0 Å². The zero-order valence-electron chi connectivity index (χ0n) is 18.1. The van der Waals surface area contributed by atoms with E-state index < -0.39 is 0 Å². The lowest BCUT2D eigenvalue weighted by Crippen LogP contribution is -2.38. The molecular weight excluding hydrogens is 376 g/mol. The summed E-state index contributed by atoms with van der Waals surface area (Å²) in [5, 5.41) is 17.9. The average Bonchev–Trinajstić information content (AvgIpc) is 3.13. The van der Waals surface area contributed by atoms with Gasteiger partial charge in [-0.05, 0) is 75.6 Å². The van der Waals surface area contributed by atoms with Gasteiger partial charge in [0.1, 0.15) is 5.75 Å². The maximum absolute atomic E-state index is 13.2. The molecule has 0 saturated carbocycles. The van der Waals surface area contributed by atoms with Gasteiger partial charge in [0.05, 0.1) is 0 Å². The van der Waals surface area contributed by atoms with Crippen LogP contribution in [0.3, 0.4) is 0 Å². The first-order valence-electron chi connectivity index (χ1n) is 11.5. The second-order valence-corrected chi connectivity index (χ2v) is 8.66. The van der Waals surface area contributed by atoms with Crippen molar-refractivity contribution >= 4 is 5.91 Å². The first-order chi connectivity index (χ1) is 14.7. The predicted octanol–water partition coefficient (Wildman–Crippen LogP) is 3.31. The lowest BCUT2D eigenvalue weighted by Gasteiger charge is -2.28. The van der Waals surface area contributed by atoms with Crippen molar-refractivity contribution in [1.29, 1.82) is 0 Å². The standard InChI is InChI=1S/C24H34N4O2/c1-2-14-28-22-11-8-19(25-13-12-18-6-9-20(29)10-7-18)17-21(22)23(26-28)24(30)27-15-4-3-5-16-27/h6-7,9-10,19,25,29H,2-5,8,11-17H2,1H3. The molecule has 0 radical (unpaired) electrons. The van der Waals surface area contributed by atoms with Gasteiger partial charge in [-0.25, -0.2) is 0 Å². The molecule has 0 bridgehead atoms. The Labute approximate surface area is 179 Å². The number of hydrogen-bond donors (Lipinski definition) is 2. The van der Waals surface area contributed by atoms with E-state index >= 15 is 0 Å². The molecule has 1 aliphatic heterocycles. The number of nitrogens with one attached hydrogen (secondary N) is 1. The molecule has 6 nitrogen and oxygen atoms in total. The number of aromatic nitrogens is 2. The van der Waals surface area contributed by atoms with Gasteiger partial charge in [-0.2, -0.15) is 5.10 Å². The second-order valence-electron chi connectivity index (χ2n) is 8.66. The number of phenolic OH excluding ortho intramolecular Hbond substituents is 1. The molecule has 1 unspecified atom stereocenters. The summed E-state index contributed by atoms with van der Waals surface area (Å²) < 4.78 is 2.10. The maximum Gasteiger partial charge on any atom is 0.274 e. The Hall–Kier alpha value is -2.34. The molecule has 2 heterocycles. The molecule has 2 aromatic rings. The zero-order chi connectivity index (χ0) is 20.9. The molecule has 2 aliphatic rings. The summed E-state index contributed by atoms with van der Waals surface area (Å²) in [4.78, 5) is 15.2. The van der Waals surface area contributed by atoms with Gasteiger partial charge in [0.25, 0.3) is 5.91 Å². The Kier molecular flexibility index (Phi) is 6.72. The molecule has 1 atom stereocenters. The summed E-state index contributed by atoms with van der Waals surface area (Å²) in [6, 6.07) is 7.80. The van der Waals surface area contributed by atoms with Crippen molar-refractivity contribution in [2.24, 2.45) is 0 Å². The number of likely N-dealkylation sites (tertiary alicyclic amines) is 1. The Morgan fingerprint density at radius 2 is 1.97 bits per heavy atom. The Bertz CT molecular complexity index is 853. The predicted molar refractivity (Wildman–Crippen MR) is 118 cm³/mol. The van der Waals surface area contributed by atoms with Crippen molar-refractivity contribution in [3.8, 4) is 5.75 Å². The van der Waals surface area contributed by atoms with Gasteiger partial charge >= 0.3 is 0 Å². The molecule has 1 aromatic carbocycles. The largest absolute Gasteiger partial charge is 0.508 e. The fourth-order valence-corrected chi connectivity index (χ4v) is 4.76. The SMILES string of the molecule is CCCn1nc(C(=O)N2CCCCC2)c2c1CCC(NCCc1ccc(O)cc1)C2. The van der Waals surface area contributed by atoms with Crippen LogP contribution < -0.4 is 5.32 Å². The highest BCUT2D eigenvalue weighted by atomic mass is 16.3. The molecule has 162 valence electrons. The van der Waals surface area contributed by atoms with Gasteiger partial charge in [-0.3, -0.25) is 9.48 Å². The van der Waals surface area contributed by atoms with Crippen LogP contribution in [0.5, 0.6) is 5.75 Å². The number of amides is 1. The Balaban J connectivity index is 1.44. The van der Waals surface area contributed by atoms with Crippen LogP contribution in [0, 0.1) is 0 Å². The van der Waals surface area contributed by atoms with E-state index in [2.05, 4.69) is 16.9 Å². The minimum Gasteiger partial charge on any atom is -0.508 e. The van der Waals surface area contributed by atoms with Gasteiger partial charge in [-0.15, -0.1) is 0 Å². The number of aryl methyl sites for hydroxylation is 1. The Morgan fingerprint density at radius 1 is 1.20 bits per heavy atom. The molecule has 2 N–H and O–H groups in total. The van der Waals surface area contributed by atoms with Crippen molar-refractivity contribution in [3.63, 3.8) is 0 Å². The summed E-state index contributed by atoms with van der Waals surface area (Å²) in [5.41, 5.74) is 4.36. The highest BCUT2D eigenvalue weighted by Crippen LogP contribution is 2.27. The van der Waals surface area contributed by atoms with Crippen molar-refractivity contribution in [1.82, 2.24) is 20.0 Å². The maximum atomic E-state index is 13.2. The van der Waals surface area contributed by atoms with E-state index in [0.29, 0.717) is 17.5 Å². The minimum atomic E-state index is 0.130. The van der Waals surface area contributed by atoms with E-state index in [-0.39, 0.29) is 5.91 Å². The number of nitrogens with zero attached hydrogens (tertiary/aromatic N) is 3. The van der Waals surface area contributed by atoms with Crippen molar-refractivity contribution in [3.05, 3.63) is 46.8 Å². The van der Waals surface area contributed by atoms with Crippen LogP contribution in [0.1, 0.15) is 66.3 Å². The third-order valence-electron chi connectivity index (χ3n) is 6.41. The summed E-state index contributed by atoms with van der Waals surface area (Å²) in [5.74, 6) is 0.437. The topological polar surface area (TPSA) is 70.4 Å². The van der Waals surface area contributed by atoms with Crippen LogP contribution >= 0.6 is 0 Å². The molecule has 1 saturated heterocycles. The quantitative estimate of drug-likeness (QED) is 0.735. The fourth-order valence-electron chi connectivity index (χ4n) is 4.76. The van der Waals surface area contributed by atoms with E-state index in [1.807, 2.05) is 17.0 Å². The normalized spacial score (nSPS) is 19.0. The van der Waals surface area contributed by atoms with Crippen molar-refractivity contribution < 1.29 is 9.90 Å². The van der Waals surface area contributed by atoms with Crippen molar-refractivity contribution in [2.45, 2.75) is 70.9 Å². The van der Waals surface area contributed by atoms with Crippen LogP contribution in [-0.2, 0) is 25.8 Å².